The lowest BCUT2D eigenvalue weighted by molar-refractivity contribution is -0.130. The predicted molar refractivity (Wildman–Crippen MR) is 112 cm³/mol. The van der Waals surface area contributed by atoms with Crippen LogP contribution in [0, 0.1) is 0 Å². The molecule has 0 fully saturated rings. The second kappa shape index (κ2) is 8.60. The number of sulfonamides is 1. The molecule has 148 valence electrons. The van der Waals surface area contributed by atoms with Crippen molar-refractivity contribution in [2.24, 2.45) is 0 Å². The van der Waals surface area contributed by atoms with Crippen LogP contribution in [0.5, 0.6) is 0 Å². The van der Waals surface area contributed by atoms with Gasteiger partial charge in [0.15, 0.2) is 0 Å². The van der Waals surface area contributed by atoms with Crippen molar-refractivity contribution in [3.8, 4) is 11.3 Å². The number of nitrogens with zero attached hydrogens (tertiary/aromatic N) is 2. The van der Waals surface area contributed by atoms with E-state index in [1.807, 2.05) is 36.4 Å². The molecule has 1 amide bonds. The zero-order valence-corrected chi connectivity index (χ0v) is 18.6. The summed E-state index contributed by atoms with van der Waals surface area (Å²) in [5.74, 6) is 1.02. The van der Waals surface area contributed by atoms with Crippen molar-refractivity contribution in [3.05, 3.63) is 64.1 Å². The van der Waals surface area contributed by atoms with Gasteiger partial charge in [-0.2, -0.15) is 4.31 Å². The SMILES string of the molecule is CN(Cc1ccc(-c2ccc(Br)cc2)o1)C(=O)CN(C)S(=O)(=O)c1cccs1. The van der Waals surface area contributed by atoms with Crippen LogP contribution < -0.4 is 0 Å². The Morgan fingerprint density at radius 1 is 1.11 bits per heavy atom. The average molecular weight is 483 g/mol. The van der Waals surface area contributed by atoms with Gasteiger partial charge in [0, 0.05) is 24.1 Å². The van der Waals surface area contributed by atoms with Gasteiger partial charge in [0.25, 0.3) is 10.0 Å². The number of hydrogen-bond acceptors (Lipinski definition) is 5. The van der Waals surface area contributed by atoms with Gasteiger partial charge < -0.3 is 9.32 Å². The Balaban J connectivity index is 1.62. The highest BCUT2D eigenvalue weighted by Crippen LogP contribution is 2.24. The molecule has 1 aromatic carbocycles. The monoisotopic (exact) mass is 482 g/mol. The number of halogens is 1. The maximum absolute atomic E-state index is 12.5. The fraction of sp³-hybridized carbons (Fsp3) is 0.211. The third kappa shape index (κ3) is 4.72. The summed E-state index contributed by atoms with van der Waals surface area (Å²) in [6, 6.07) is 14.6. The fourth-order valence-corrected chi connectivity index (χ4v) is 5.10. The van der Waals surface area contributed by atoms with Crippen LogP contribution >= 0.6 is 27.3 Å². The molecule has 2 aromatic heterocycles. The van der Waals surface area contributed by atoms with Gasteiger partial charge in [0.2, 0.25) is 5.91 Å². The van der Waals surface area contributed by atoms with Crippen molar-refractivity contribution in [1.29, 1.82) is 0 Å². The first-order valence-electron chi connectivity index (χ1n) is 8.36. The number of rotatable bonds is 7. The molecule has 6 nitrogen and oxygen atoms in total. The Hall–Kier alpha value is -1.94. The van der Waals surface area contributed by atoms with Crippen molar-refractivity contribution >= 4 is 43.2 Å². The molecule has 3 rings (SSSR count). The lowest BCUT2D eigenvalue weighted by Gasteiger charge is -2.20. The van der Waals surface area contributed by atoms with Crippen molar-refractivity contribution in [2.45, 2.75) is 10.8 Å². The normalized spacial score (nSPS) is 11.7. The molecular formula is C19H19BrN2O4S2. The minimum Gasteiger partial charge on any atom is -0.459 e. The van der Waals surface area contributed by atoms with Gasteiger partial charge >= 0.3 is 0 Å². The van der Waals surface area contributed by atoms with Crippen molar-refractivity contribution in [2.75, 3.05) is 20.6 Å². The van der Waals surface area contributed by atoms with Crippen molar-refractivity contribution < 1.29 is 17.6 Å². The summed E-state index contributed by atoms with van der Waals surface area (Å²) in [7, 11) is -0.633. The summed E-state index contributed by atoms with van der Waals surface area (Å²) >= 11 is 4.52. The van der Waals surface area contributed by atoms with E-state index in [0.29, 0.717) is 11.5 Å². The lowest BCUT2D eigenvalue weighted by atomic mass is 10.2. The summed E-state index contributed by atoms with van der Waals surface area (Å²) in [6.07, 6.45) is 0. The van der Waals surface area contributed by atoms with Crippen molar-refractivity contribution in [3.63, 3.8) is 0 Å². The zero-order chi connectivity index (χ0) is 20.3. The van der Waals surface area contributed by atoms with E-state index in [1.165, 1.54) is 18.0 Å². The minimum absolute atomic E-state index is 0.218. The molecule has 3 aromatic rings. The number of carbonyl (C=O) groups is 1. The molecule has 0 aliphatic heterocycles. The Kier molecular flexibility index (Phi) is 6.39. The maximum atomic E-state index is 12.5. The molecule has 28 heavy (non-hydrogen) atoms. The van der Waals surface area contributed by atoms with E-state index in [-0.39, 0.29) is 23.2 Å². The van der Waals surface area contributed by atoms with Crippen molar-refractivity contribution in [1.82, 2.24) is 9.21 Å². The minimum atomic E-state index is -3.66. The quantitative estimate of drug-likeness (QED) is 0.509. The van der Waals surface area contributed by atoms with E-state index >= 15 is 0 Å². The molecule has 0 atom stereocenters. The first-order valence-corrected chi connectivity index (χ1v) is 11.5. The molecule has 0 saturated carbocycles. The number of amides is 1. The highest BCUT2D eigenvalue weighted by molar-refractivity contribution is 9.10. The van der Waals surface area contributed by atoms with Crippen LogP contribution in [0.15, 0.2) is 67.0 Å². The summed E-state index contributed by atoms with van der Waals surface area (Å²) in [5, 5.41) is 1.69. The van der Waals surface area contributed by atoms with Gasteiger partial charge in [0.1, 0.15) is 15.7 Å². The van der Waals surface area contributed by atoms with Gasteiger partial charge in [0.05, 0.1) is 13.1 Å². The molecule has 0 saturated heterocycles. The van der Waals surface area contributed by atoms with Crippen LogP contribution in [-0.2, 0) is 21.4 Å². The van der Waals surface area contributed by atoms with Crippen LogP contribution in [0.1, 0.15) is 5.76 Å². The Labute approximate surface area is 176 Å². The highest BCUT2D eigenvalue weighted by atomic mass is 79.9. The van der Waals surface area contributed by atoms with Gasteiger partial charge in [-0.15, -0.1) is 11.3 Å². The predicted octanol–water partition coefficient (Wildman–Crippen LogP) is 4.05. The fourth-order valence-electron chi connectivity index (χ4n) is 2.51. The van der Waals surface area contributed by atoms with E-state index in [9.17, 15) is 13.2 Å². The standard InChI is InChI=1S/C19H19BrN2O4S2/c1-21(18(23)13-22(2)28(24,25)19-4-3-11-27-19)12-16-9-10-17(26-16)14-5-7-15(20)8-6-14/h3-11H,12-13H2,1-2H3. The molecule has 9 heteroatoms. The van der Waals surface area contributed by atoms with Crippen LogP contribution in [-0.4, -0.2) is 44.2 Å². The lowest BCUT2D eigenvalue weighted by Crippen LogP contribution is -2.38. The van der Waals surface area contributed by atoms with Gasteiger partial charge in [-0.05, 0) is 35.7 Å². The number of thiophene rings is 1. The number of benzene rings is 1. The van der Waals surface area contributed by atoms with E-state index in [0.717, 1.165) is 25.7 Å². The van der Waals surface area contributed by atoms with E-state index in [2.05, 4.69) is 15.9 Å². The van der Waals surface area contributed by atoms with Crippen LogP contribution in [0.3, 0.4) is 0 Å². The molecular weight excluding hydrogens is 464 g/mol. The smallest absolute Gasteiger partial charge is 0.252 e. The van der Waals surface area contributed by atoms with E-state index in [1.54, 1.807) is 18.5 Å². The Morgan fingerprint density at radius 3 is 2.46 bits per heavy atom. The third-order valence-corrected chi connectivity index (χ3v) is 7.83. The molecule has 0 radical (unpaired) electrons. The molecule has 0 spiro atoms. The second-order valence-electron chi connectivity index (χ2n) is 6.22. The summed E-state index contributed by atoms with van der Waals surface area (Å²) in [5.41, 5.74) is 0.935. The van der Waals surface area contributed by atoms with Gasteiger partial charge in [-0.25, -0.2) is 8.42 Å². The largest absolute Gasteiger partial charge is 0.459 e. The Morgan fingerprint density at radius 2 is 1.82 bits per heavy atom. The first kappa shape index (κ1) is 20.8. The van der Waals surface area contributed by atoms with E-state index in [4.69, 9.17) is 4.42 Å². The number of hydrogen-bond donors (Lipinski definition) is 0. The Bertz CT molecular complexity index is 1040. The molecule has 0 bridgehead atoms. The van der Waals surface area contributed by atoms with Gasteiger partial charge in [-0.1, -0.05) is 34.1 Å². The molecule has 0 aliphatic carbocycles. The number of likely N-dealkylation sites (N-methyl/N-ethyl adjacent to an activating group) is 2. The first-order chi connectivity index (χ1) is 13.3. The average Bonchev–Trinajstić information content (AvgIpc) is 3.34. The van der Waals surface area contributed by atoms with Gasteiger partial charge in [-0.3, -0.25) is 4.79 Å². The third-order valence-electron chi connectivity index (χ3n) is 4.13. The van der Waals surface area contributed by atoms with E-state index < -0.39 is 10.0 Å². The number of furan rings is 1. The molecule has 0 N–H and O–H groups in total. The summed E-state index contributed by atoms with van der Waals surface area (Å²) in [4.78, 5) is 13.9. The van der Waals surface area contributed by atoms with Crippen LogP contribution in [0.4, 0.5) is 0 Å². The summed E-state index contributed by atoms with van der Waals surface area (Å²) < 4.78 is 33.0. The summed E-state index contributed by atoms with van der Waals surface area (Å²) in [6.45, 7) is 0.0132. The maximum Gasteiger partial charge on any atom is 0.252 e. The van der Waals surface area contributed by atoms with Crippen LogP contribution in [0.2, 0.25) is 0 Å². The zero-order valence-electron chi connectivity index (χ0n) is 15.3. The number of carbonyl (C=O) groups excluding carboxylic acids is 1. The van der Waals surface area contributed by atoms with Crippen LogP contribution in [0.25, 0.3) is 11.3 Å². The topological polar surface area (TPSA) is 70.8 Å². The molecule has 0 aliphatic rings. The molecule has 2 heterocycles. The highest BCUT2D eigenvalue weighted by Gasteiger charge is 2.25. The second-order valence-corrected chi connectivity index (χ2v) is 10.4. The molecule has 0 unspecified atom stereocenters.